The molecule has 0 saturated carbocycles. The molecule has 26 heavy (non-hydrogen) atoms. The van der Waals surface area contributed by atoms with Gasteiger partial charge >= 0.3 is 6.09 Å². The zero-order valence-corrected chi connectivity index (χ0v) is 15.2. The van der Waals surface area contributed by atoms with Crippen LogP contribution in [0.5, 0.6) is 0 Å². The van der Waals surface area contributed by atoms with Gasteiger partial charge in [-0.15, -0.1) is 0 Å². The Kier molecular flexibility index (Phi) is 4.73. The first-order valence-electron chi connectivity index (χ1n) is 8.82. The van der Waals surface area contributed by atoms with Crippen molar-refractivity contribution in [1.82, 2.24) is 4.90 Å². The fourth-order valence-corrected chi connectivity index (χ4v) is 3.70. The summed E-state index contributed by atoms with van der Waals surface area (Å²) in [5, 5.41) is 11.0. The van der Waals surface area contributed by atoms with E-state index in [4.69, 9.17) is 4.74 Å². The van der Waals surface area contributed by atoms with Crippen molar-refractivity contribution in [2.75, 3.05) is 0 Å². The van der Waals surface area contributed by atoms with Crippen molar-refractivity contribution in [3.8, 4) is 0 Å². The SMILES string of the molecule is CC(C)(C)OC(=O)N1C2C=C(c3cc([N+](=O)[O-])ccc3F)CC1CCC2. The molecule has 2 atom stereocenters. The van der Waals surface area contributed by atoms with Crippen LogP contribution in [0.3, 0.4) is 0 Å². The molecule has 1 fully saturated rings. The molecule has 1 aromatic carbocycles. The maximum Gasteiger partial charge on any atom is 0.411 e. The number of piperidine rings is 1. The number of nitro benzene ring substituents is 1. The van der Waals surface area contributed by atoms with Crippen LogP contribution in [0.1, 0.15) is 52.0 Å². The Morgan fingerprint density at radius 3 is 2.69 bits per heavy atom. The van der Waals surface area contributed by atoms with E-state index in [0.29, 0.717) is 6.42 Å². The molecule has 2 bridgehead atoms. The number of non-ortho nitro benzene ring substituents is 1. The molecule has 1 saturated heterocycles. The van der Waals surface area contributed by atoms with E-state index in [2.05, 4.69) is 0 Å². The Labute approximate surface area is 151 Å². The molecule has 2 aliphatic heterocycles. The summed E-state index contributed by atoms with van der Waals surface area (Å²) in [4.78, 5) is 24.8. The topological polar surface area (TPSA) is 72.7 Å². The second-order valence-electron chi connectivity index (χ2n) is 7.86. The molecule has 0 N–H and O–H groups in total. The van der Waals surface area contributed by atoms with Crippen LogP contribution in [0.2, 0.25) is 0 Å². The minimum Gasteiger partial charge on any atom is -0.444 e. The summed E-state index contributed by atoms with van der Waals surface area (Å²) in [7, 11) is 0. The third-order valence-electron chi connectivity index (χ3n) is 4.75. The second-order valence-corrected chi connectivity index (χ2v) is 7.86. The zero-order chi connectivity index (χ0) is 19.1. The number of carbonyl (C=O) groups is 1. The fraction of sp³-hybridized carbons (Fsp3) is 0.526. The summed E-state index contributed by atoms with van der Waals surface area (Å²) in [6, 6.07) is 3.31. The van der Waals surface area contributed by atoms with Crippen molar-refractivity contribution in [2.45, 2.75) is 64.1 Å². The summed E-state index contributed by atoms with van der Waals surface area (Å²) in [5.41, 5.74) is 0.254. The van der Waals surface area contributed by atoms with Gasteiger partial charge < -0.3 is 4.74 Å². The average Bonchev–Trinajstić information content (AvgIpc) is 2.52. The predicted molar refractivity (Wildman–Crippen MR) is 95.1 cm³/mol. The Morgan fingerprint density at radius 2 is 2.08 bits per heavy atom. The van der Waals surface area contributed by atoms with Crippen LogP contribution in [0, 0.1) is 15.9 Å². The minimum absolute atomic E-state index is 0.0812. The van der Waals surface area contributed by atoms with Gasteiger partial charge in [-0.25, -0.2) is 9.18 Å². The van der Waals surface area contributed by atoms with Gasteiger partial charge in [0.15, 0.2) is 0 Å². The average molecular weight is 362 g/mol. The number of carbonyl (C=O) groups excluding carboxylic acids is 1. The molecule has 6 nitrogen and oxygen atoms in total. The van der Waals surface area contributed by atoms with E-state index in [1.807, 2.05) is 26.8 Å². The fourth-order valence-electron chi connectivity index (χ4n) is 3.70. The maximum absolute atomic E-state index is 14.3. The highest BCUT2D eigenvalue weighted by Crippen LogP contribution is 2.39. The van der Waals surface area contributed by atoms with Gasteiger partial charge in [0.25, 0.3) is 5.69 Å². The Balaban J connectivity index is 1.92. The predicted octanol–water partition coefficient (Wildman–Crippen LogP) is 4.68. The molecule has 0 radical (unpaired) electrons. The highest BCUT2D eigenvalue weighted by atomic mass is 19.1. The van der Waals surface area contributed by atoms with E-state index in [-0.39, 0.29) is 29.4 Å². The third-order valence-corrected chi connectivity index (χ3v) is 4.75. The van der Waals surface area contributed by atoms with Gasteiger partial charge in [-0.1, -0.05) is 6.08 Å². The molecular formula is C19H23FN2O4. The van der Waals surface area contributed by atoms with Crippen molar-refractivity contribution in [3.05, 3.63) is 45.8 Å². The first-order valence-corrected chi connectivity index (χ1v) is 8.82. The summed E-state index contributed by atoms with van der Waals surface area (Å²) >= 11 is 0. The van der Waals surface area contributed by atoms with Crippen molar-refractivity contribution < 1.29 is 18.8 Å². The normalized spacial score (nSPS) is 22.6. The quantitative estimate of drug-likeness (QED) is 0.566. The summed E-state index contributed by atoms with van der Waals surface area (Å²) in [6.07, 6.45) is 4.53. The standard InChI is InChI=1S/C19H23FN2O4/c1-19(2,3)26-18(23)21-13-5-4-6-14(21)10-12(9-13)16-11-15(22(24)25)7-8-17(16)20/h7-9,11,13-14H,4-6,10H2,1-3H3. The largest absolute Gasteiger partial charge is 0.444 e. The van der Waals surface area contributed by atoms with E-state index in [1.165, 1.54) is 6.07 Å². The lowest BCUT2D eigenvalue weighted by Crippen LogP contribution is -2.53. The number of nitrogens with zero attached hydrogens (tertiary/aromatic N) is 2. The number of halogens is 1. The Bertz CT molecular complexity index is 769. The smallest absolute Gasteiger partial charge is 0.411 e. The molecule has 2 aliphatic rings. The first kappa shape index (κ1) is 18.4. The van der Waals surface area contributed by atoms with Crippen molar-refractivity contribution >= 4 is 17.4 Å². The lowest BCUT2D eigenvalue weighted by atomic mass is 9.83. The van der Waals surface area contributed by atoms with Gasteiger partial charge in [0.1, 0.15) is 11.4 Å². The summed E-state index contributed by atoms with van der Waals surface area (Å²) < 4.78 is 19.8. The van der Waals surface area contributed by atoms with Crippen LogP contribution in [0.15, 0.2) is 24.3 Å². The number of hydrogen-bond acceptors (Lipinski definition) is 4. The Morgan fingerprint density at radius 1 is 1.35 bits per heavy atom. The molecule has 1 aromatic rings. The first-order chi connectivity index (χ1) is 12.2. The molecule has 3 rings (SSSR count). The molecule has 140 valence electrons. The number of nitro groups is 1. The van der Waals surface area contributed by atoms with Crippen LogP contribution >= 0.6 is 0 Å². The summed E-state index contributed by atoms with van der Waals surface area (Å²) in [5.74, 6) is -0.481. The molecular weight excluding hydrogens is 339 g/mol. The van der Waals surface area contributed by atoms with E-state index in [0.717, 1.165) is 37.0 Å². The summed E-state index contributed by atoms with van der Waals surface area (Å²) in [6.45, 7) is 5.47. The molecule has 0 aliphatic carbocycles. The van der Waals surface area contributed by atoms with Crippen LogP contribution in [-0.2, 0) is 4.74 Å². The van der Waals surface area contributed by atoms with Crippen molar-refractivity contribution in [2.24, 2.45) is 0 Å². The number of ether oxygens (including phenoxy) is 1. The van der Waals surface area contributed by atoms with E-state index < -0.39 is 16.3 Å². The minimum atomic E-state index is -0.582. The molecule has 7 heteroatoms. The number of amides is 1. The van der Waals surface area contributed by atoms with Crippen molar-refractivity contribution in [1.29, 1.82) is 0 Å². The van der Waals surface area contributed by atoms with Gasteiger partial charge in [0.2, 0.25) is 0 Å². The van der Waals surface area contributed by atoms with Crippen LogP contribution in [0.25, 0.3) is 5.57 Å². The number of benzene rings is 1. The van der Waals surface area contributed by atoms with Gasteiger partial charge in [-0.2, -0.15) is 0 Å². The lowest BCUT2D eigenvalue weighted by Gasteiger charge is -2.45. The highest BCUT2D eigenvalue weighted by Gasteiger charge is 2.39. The van der Waals surface area contributed by atoms with Gasteiger partial charge in [-0.05, 0) is 58.1 Å². The molecule has 0 spiro atoms. The van der Waals surface area contributed by atoms with Gasteiger partial charge in [0, 0.05) is 23.7 Å². The molecule has 0 aromatic heterocycles. The Hall–Kier alpha value is -2.44. The lowest BCUT2D eigenvalue weighted by molar-refractivity contribution is -0.384. The van der Waals surface area contributed by atoms with Crippen LogP contribution in [-0.4, -0.2) is 33.6 Å². The number of fused-ring (bicyclic) bond motifs is 2. The third kappa shape index (κ3) is 3.71. The maximum atomic E-state index is 14.3. The highest BCUT2D eigenvalue weighted by molar-refractivity contribution is 5.75. The van der Waals surface area contributed by atoms with E-state index in [1.54, 1.807) is 4.90 Å². The van der Waals surface area contributed by atoms with Crippen molar-refractivity contribution in [3.63, 3.8) is 0 Å². The molecule has 2 unspecified atom stereocenters. The number of hydrogen-bond donors (Lipinski definition) is 0. The molecule has 2 heterocycles. The zero-order valence-electron chi connectivity index (χ0n) is 15.2. The van der Waals surface area contributed by atoms with E-state index >= 15 is 0 Å². The monoisotopic (exact) mass is 362 g/mol. The van der Waals surface area contributed by atoms with Gasteiger partial charge in [-0.3, -0.25) is 15.0 Å². The van der Waals surface area contributed by atoms with E-state index in [9.17, 15) is 19.3 Å². The second kappa shape index (κ2) is 6.70. The van der Waals surface area contributed by atoms with Crippen LogP contribution < -0.4 is 0 Å². The molecule has 1 amide bonds. The van der Waals surface area contributed by atoms with Gasteiger partial charge in [0.05, 0.1) is 11.0 Å². The van der Waals surface area contributed by atoms with Crippen LogP contribution in [0.4, 0.5) is 14.9 Å². The number of rotatable bonds is 2.